The van der Waals surface area contributed by atoms with Gasteiger partial charge in [0.2, 0.25) is 0 Å². The standard InChI is InChI=1S/C22H29NO/c1-5-12-23-20-18-9-10-21(4)19-13-17(24)7-6-16(19)8-11-22(20,21)15(3)14(18)2/h5-7,13,18,20,23-24H,1,8-12H2,2-4H3/t18-,20?,21+,22+/m1/s1. The second kappa shape index (κ2) is 5.23. The molecule has 1 unspecified atom stereocenters. The zero-order valence-corrected chi connectivity index (χ0v) is 15.2. The number of nitrogens with one attached hydrogen (secondary N) is 1. The minimum Gasteiger partial charge on any atom is -0.508 e. The smallest absolute Gasteiger partial charge is 0.115 e. The van der Waals surface area contributed by atoms with Crippen LogP contribution in [0.4, 0.5) is 0 Å². The molecule has 1 fully saturated rings. The summed E-state index contributed by atoms with van der Waals surface area (Å²) in [7, 11) is 0. The van der Waals surface area contributed by atoms with Crippen molar-refractivity contribution in [3.05, 3.63) is 53.1 Å². The van der Waals surface area contributed by atoms with Crippen LogP contribution in [0.15, 0.2) is 42.0 Å². The molecule has 24 heavy (non-hydrogen) atoms. The second-order valence-electron chi connectivity index (χ2n) is 8.27. The Morgan fingerprint density at radius 1 is 1.33 bits per heavy atom. The fourth-order valence-electron chi connectivity index (χ4n) is 6.41. The van der Waals surface area contributed by atoms with E-state index in [0.29, 0.717) is 17.7 Å². The molecule has 1 spiro atoms. The summed E-state index contributed by atoms with van der Waals surface area (Å²) >= 11 is 0. The van der Waals surface area contributed by atoms with Gasteiger partial charge in [-0.3, -0.25) is 0 Å². The van der Waals surface area contributed by atoms with E-state index >= 15 is 0 Å². The minimum atomic E-state index is 0.0938. The summed E-state index contributed by atoms with van der Waals surface area (Å²) in [5, 5.41) is 14.0. The van der Waals surface area contributed by atoms with E-state index in [1.54, 1.807) is 11.1 Å². The van der Waals surface area contributed by atoms with Crippen molar-refractivity contribution >= 4 is 0 Å². The van der Waals surface area contributed by atoms with Crippen LogP contribution >= 0.6 is 0 Å². The van der Waals surface area contributed by atoms with E-state index in [1.807, 2.05) is 18.2 Å². The fourth-order valence-corrected chi connectivity index (χ4v) is 6.41. The summed E-state index contributed by atoms with van der Waals surface area (Å²) in [5.41, 5.74) is 6.28. The molecule has 4 atom stereocenters. The number of hydrogen-bond donors (Lipinski definition) is 2. The van der Waals surface area contributed by atoms with Gasteiger partial charge >= 0.3 is 0 Å². The first-order valence-corrected chi connectivity index (χ1v) is 9.30. The van der Waals surface area contributed by atoms with Gasteiger partial charge < -0.3 is 10.4 Å². The van der Waals surface area contributed by atoms with Crippen molar-refractivity contribution in [2.75, 3.05) is 6.54 Å². The normalized spacial score (nSPS) is 37.1. The number of rotatable bonds is 3. The highest BCUT2D eigenvalue weighted by atomic mass is 16.3. The Balaban J connectivity index is 1.92. The van der Waals surface area contributed by atoms with Crippen LogP contribution in [0.25, 0.3) is 0 Å². The average molecular weight is 323 g/mol. The van der Waals surface area contributed by atoms with Gasteiger partial charge in [-0.05, 0) is 68.7 Å². The highest BCUT2D eigenvalue weighted by molar-refractivity contribution is 5.51. The summed E-state index contributed by atoms with van der Waals surface area (Å²) in [6.45, 7) is 11.9. The number of aryl methyl sites for hydroxylation is 1. The Bertz CT molecular complexity index is 733. The van der Waals surface area contributed by atoms with Crippen LogP contribution in [-0.2, 0) is 11.8 Å². The molecule has 0 saturated heterocycles. The first-order chi connectivity index (χ1) is 11.5. The third kappa shape index (κ3) is 1.75. The van der Waals surface area contributed by atoms with Crippen LogP contribution in [0.2, 0.25) is 0 Å². The Hall–Kier alpha value is -1.54. The first kappa shape index (κ1) is 16.0. The van der Waals surface area contributed by atoms with E-state index in [4.69, 9.17) is 0 Å². The van der Waals surface area contributed by atoms with Crippen molar-refractivity contribution < 1.29 is 5.11 Å². The largest absolute Gasteiger partial charge is 0.508 e. The van der Waals surface area contributed by atoms with Crippen molar-refractivity contribution in [2.45, 2.75) is 57.9 Å². The van der Waals surface area contributed by atoms with E-state index in [1.165, 1.54) is 30.4 Å². The predicted molar refractivity (Wildman–Crippen MR) is 99.3 cm³/mol. The van der Waals surface area contributed by atoms with E-state index in [2.05, 4.69) is 38.7 Å². The maximum Gasteiger partial charge on any atom is 0.115 e. The molecule has 0 amide bonds. The molecule has 2 nitrogen and oxygen atoms in total. The highest BCUT2D eigenvalue weighted by Crippen LogP contribution is 2.67. The maximum atomic E-state index is 10.1. The molecule has 4 rings (SSSR count). The molecule has 128 valence electrons. The van der Waals surface area contributed by atoms with Gasteiger partial charge in [0.05, 0.1) is 0 Å². The highest BCUT2D eigenvalue weighted by Gasteiger charge is 2.64. The molecule has 0 aliphatic heterocycles. The lowest BCUT2D eigenvalue weighted by Gasteiger charge is -2.59. The number of phenolic OH excluding ortho intramolecular Hbond substituents is 1. The summed E-state index contributed by atoms with van der Waals surface area (Å²) in [4.78, 5) is 0. The lowest BCUT2D eigenvalue weighted by molar-refractivity contribution is 0.0403. The number of aromatic hydroxyl groups is 1. The van der Waals surface area contributed by atoms with E-state index < -0.39 is 0 Å². The van der Waals surface area contributed by atoms with E-state index in [-0.39, 0.29) is 10.8 Å². The molecule has 1 aromatic rings. The first-order valence-electron chi connectivity index (χ1n) is 9.30. The summed E-state index contributed by atoms with van der Waals surface area (Å²) < 4.78 is 0. The van der Waals surface area contributed by atoms with Crippen LogP contribution in [0.3, 0.4) is 0 Å². The number of benzene rings is 1. The number of phenols is 1. The van der Waals surface area contributed by atoms with Crippen molar-refractivity contribution in [1.82, 2.24) is 5.32 Å². The molecule has 0 radical (unpaired) electrons. The van der Waals surface area contributed by atoms with Crippen molar-refractivity contribution in [2.24, 2.45) is 11.3 Å². The zero-order valence-electron chi connectivity index (χ0n) is 15.2. The fraction of sp³-hybridized carbons (Fsp3) is 0.545. The van der Waals surface area contributed by atoms with Gasteiger partial charge in [0, 0.05) is 23.4 Å². The molecule has 2 bridgehead atoms. The van der Waals surface area contributed by atoms with Crippen LogP contribution in [-0.4, -0.2) is 17.7 Å². The molecular formula is C22H29NO. The Morgan fingerprint density at radius 2 is 2.12 bits per heavy atom. The van der Waals surface area contributed by atoms with Crippen LogP contribution < -0.4 is 5.32 Å². The van der Waals surface area contributed by atoms with Gasteiger partial charge in [-0.1, -0.05) is 30.2 Å². The molecule has 2 N–H and O–H groups in total. The predicted octanol–water partition coefficient (Wildman–Crippen LogP) is 4.49. The third-order valence-electron chi connectivity index (χ3n) is 7.65. The SMILES string of the molecule is C=CCNC1[C@@H]2CC[C@@]3(C)c4cc(O)ccc4CC[C@]13C(C)=C2C. The minimum absolute atomic E-state index is 0.0938. The van der Waals surface area contributed by atoms with Gasteiger partial charge in [0.15, 0.2) is 0 Å². The molecule has 1 saturated carbocycles. The van der Waals surface area contributed by atoms with Crippen molar-refractivity contribution in [3.63, 3.8) is 0 Å². The summed E-state index contributed by atoms with van der Waals surface area (Å²) in [5.74, 6) is 1.05. The average Bonchev–Trinajstić information content (AvgIpc) is 2.72. The monoisotopic (exact) mass is 323 g/mol. The topological polar surface area (TPSA) is 32.3 Å². The molecule has 3 aliphatic rings. The quantitative estimate of drug-likeness (QED) is 0.804. The van der Waals surface area contributed by atoms with Gasteiger partial charge in [-0.2, -0.15) is 0 Å². The number of hydrogen-bond acceptors (Lipinski definition) is 2. The molecule has 3 aliphatic carbocycles. The van der Waals surface area contributed by atoms with Gasteiger partial charge in [-0.15, -0.1) is 6.58 Å². The third-order valence-corrected chi connectivity index (χ3v) is 7.65. The summed E-state index contributed by atoms with van der Waals surface area (Å²) in [6.07, 6.45) is 6.72. The molecule has 0 heterocycles. The van der Waals surface area contributed by atoms with Crippen molar-refractivity contribution in [1.29, 1.82) is 0 Å². The Kier molecular flexibility index (Phi) is 3.47. The Labute approximate surface area is 145 Å². The van der Waals surface area contributed by atoms with Crippen molar-refractivity contribution in [3.8, 4) is 5.75 Å². The zero-order chi connectivity index (χ0) is 17.1. The lowest BCUT2D eigenvalue weighted by Crippen LogP contribution is -2.61. The molecular weight excluding hydrogens is 294 g/mol. The second-order valence-corrected chi connectivity index (χ2v) is 8.27. The summed E-state index contributed by atoms with van der Waals surface area (Å²) in [6, 6.07) is 6.52. The van der Waals surface area contributed by atoms with Gasteiger partial charge in [0.25, 0.3) is 0 Å². The molecule has 2 heteroatoms. The van der Waals surface area contributed by atoms with Gasteiger partial charge in [-0.25, -0.2) is 0 Å². The Morgan fingerprint density at radius 3 is 2.88 bits per heavy atom. The molecule has 0 aromatic heterocycles. The van der Waals surface area contributed by atoms with Crippen LogP contribution in [0.5, 0.6) is 5.75 Å². The lowest BCUT2D eigenvalue weighted by atomic mass is 9.46. The van der Waals surface area contributed by atoms with Gasteiger partial charge in [0.1, 0.15) is 5.75 Å². The van der Waals surface area contributed by atoms with Crippen LogP contribution in [0.1, 0.15) is 51.2 Å². The molecule has 1 aromatic carbocycles. The number of fused-ring (bicyclic) bond motifs is 3. The van der Waals surface area contributed by atoms with E-state index in [9.17, 15) is 5.11 Å². The van der Waals surface area contributed by atoms with Crippen LogP contribution in [0, 0.1) is 11.3 Å². The van der Waals surface area contributed by atoms with E-state index in [0.717, 1.165) is 13.0 Å². The maximum absolute atomic E-state index is 10.1.